The van der Waals surface area contributed by atoms with Gasteiger partial charge in [-0.25, -0.2) is 17.8 Å². The Hall–Kier alpha value is -4.59. The van der Waals surface area contributed by atoms with Gasteiger partial charge in [-0.1, -0.05) is 24.3 Å². The summed E-state index contributed by atoms with van der Waals surface area (Å²) < 4.78 is 53.9. The molecular weight excluding hydrogens is 678 g/mol. The molecule has 0 bridgehead atoms. The molecule has 5 atom stereocenters. The predicted octanol–water partition coefficient (Wildman–Crippen LogP) is 4.45. The number of methoxy groups -OCH3 is 1. The highest BCUT2D eigenvalue weighted by Crippen LogP contribution is 2.47. The maximum absolute atomic E-state index is 14.3. The minimum absolute atomic E-state index is 0.133. The lowest BCUT2D eigenvalue weighted by atomic mass is 9.93. The van der Waals surface area contributed by atoms with E-state index < -0.39 is 62.3 Å². The number of aryl methyl sites for hydroxylation is 1. The lowest BCUT2D eigenvalue weighted by molar-refractivity contribution is -0.140. The van der Waals surface area contributed by atoms with Crippen molar-refractivity contribution in [1.82, 2.24) is 24.9 Å². The number of benzene rings is 2. The highest BCUT2D eigenvalue weighted by atomic mass is 32.2. The van der Waals surface area contributed by atoms with Crippen molar-refractivity contribution in [2.45, 2.75) is 76.2 Å². The smallest absolute Gasteiger partial charge is 0.259 e. The minimum Gasteiger partial charge on any atom is -0.496 e. The molecule has 2 N–H and O–H groups in total. The first-order valence-corrected chi connectivity index (χ1v) is 18.9. The van der Waals surface area contributed by atoms with Gasteiger partial charge in [-0.3, -0.25) is 19.1 Å². The molecule has 6 rings (SSSR count). The lowest BCUT2D eigenvalue weighted by Crippen LogP contribution is -2.54. The molecule has 2 fully saturated rings. The Morgan fingerprint density at radius 1 is 1.12 bits per heavy atom. The Balaban J connectivity index is 1.35. The zero-order chi connectivity index (χ0) is 36.7. The number of allylic oxidation sites excluding steroid dienone is 1. The first kappa shape index (κ1) is 36.2. The summed E-state index contributed by atoms with van der Waals surface area (Å²) in [6.07, 6.45) is 6.01. The van der Waals surface area contributed by atoms with Crippen molar-refractivity contribution in [3.63, 3.8) is 0 Å². The van der Waals surface area contributed by atoms with Crippen LogP contribution in [-0.4, -0.2) is 78.6 Å². The second-order valence-corrected chi connectivity index (χ2v) is 16.3. The van der Waals surface area contributed by atoms with Crippen LogP contribution in [0, 0.1) is 30.5 Å². The van der Waals surface area contributed by atoms with Gasteiger partial charge in [0.05, 0.1) is 35.1 Å². The van der Waals surface area contributed by atoms with Crippen molar-refractivity contribution < 1.29 is 36.7 Å². The molecule has 3 aliphatic rings. The standard InChI is InChI=1S/C37H44FN5O7S/c1-21(2)51(47,48)42-36(46)37-20-24(37)12-8-6-7-9-16-43(4)35(45)29-19-26(18-28(29)33(44)41-37)50-34-27-14-15-30(49-5)22(3)31(27)39-32(40-34)23-11-10-13-25(38)17-23/h8,10-15,17,21,24,26,28-29H,6-7,9,16,18-20H2,1-5H3,(H,41,44)(H,42,46)/b12-8-/t24-,26+,28+,29+,37+/m0/s1. The number of carbonyl (C=O) groups is 3. The van der Waals surface area contributed by atoms with Crippen LogP contribution in [-0.2, 0) is 24.4 Å². The Morgan fingerprint density at radius 3 is 2.61 bits per heavy atom. The summed E-state index contributed by atoms with van der Waals surface area (Å²) in [4.78, 5) is 52.8. The number of ether oxygens (including phenoxy) is 2. The molecule has 2 saturated carbocycles. The highest BCUT2D eigenvalue weighted by Gasteiger charge is 2.62. The maximum Gasteiger partial charge on any atom is 0.259 e. The number of halogens is 1. The molecule has 272 valence electrons. The molecule has 2 aliphatic carbocycles. The molecule has 51 heavy (non-hydrogen) atoms. The van der Waals surface area contributed by atoms with Crippen molar-refractivity contribution in [1.29, 1.82) is 0 Å². The summed E-state index contributed by atoms with van der Waals surface area (Å²) in [7, 11) is -0.689. The largest absolute Gasteiger partial charge is 0.496 e. The molecule has 0 radical (unpaired) electrons. The zero-order valence-electron chi connectivity index (χ0n) is 29.4. The summed E-state index contributed by atoms with van der Waals surface area (Å²) in [6, 6.07) is 9.47. The van der Waals surface area contributed by atoms with E-state index in [0.29, 0.717) is 35.2 Å². The quantitative estimate of drug-likeness (QED) is 0.337. The van der Waals surface area contributed by atoms with E-state index in [1.54, 1.807) is 43.3 Å². The van der Waals surface area contributed by atoms with Crippen LogP contribution < -0.4 is 19.5 Å². The van der Waals surface area contributed by atoms with E-state index in [9.17, 15) is 27.2 Å². The van der Waals surface area contributed by atoms with E-state index in [-0.39, 0.29) is 36.9 Å². The van der Waals surface area contributed by atoms with Gasteiger partial charge < -0.3 is 19.7 Å². The van der Waals surface area contributed by atoms with Crippen molar-refractivity contribution in [2.24, 2.45) is 17.8 Å². The van der Waals surface area contributed by atoms with Gasteiger partial charge >= 0.3 is 0 Å². The normalized spacial score (nSPS) is 26.1. The monoisotopic (exact) mass is 721 g/mol. The Labute approximate surface area is 297 Å². The van der Waals surface area contributed by atoms with Crippen LogP contribution in [0.1, 0.15) is 57.9 Å². The average Bonchev–Trinajstić information content (AvgIpc) is 3.62. The second kappa shape index (κ2) is 14.2. The van der Waals surface area contributed by atoms with Crippen LogP contribution in [0.4, 0.5) is 4.39 Å². The van der Waals surface area contributed by atoms with Crippen molar-refractivity contribution >= 4 is 38.6 Å². The molecule has 3 aromatic rings. The second-order valence-electron chi connectivity index (χ2n) is 14.1. The first-order chi connectivity index (χ1) is 24.2. The Morgan fingerprint density at radius 2 is 1.88 bits per heavy atom. The molecule has 3 amide bonds. The number of aromatic nitrogens is 2. The number of carbonyl (C=O) groups excluding carboxylic acids is 3. The maximum atomic E-state index is 14.3. The fourth-order valence-corrected chi connectivity index (χ4v) is 7.73. The number of sulfonamides is 1. The summed E-state index contributed by atoms with van der Waals surface area (Å²) in [5.74, 6) is -2.98. The number of fused-ring (bicyclic) bond motifs is 3. The summed E-state index contributed by atoms with van der Waals surface area (Å²) >= 11 is 0. The topological polar surface area (TPSA) is 157 Å². The highest BCUT2D eigenvalue weighted by molar-refractivity contribution is 7.90. The zero-order valence-corrected chi connectivity index (χ0v) is 30.3. The van der Waals surface area contributed by atoms with Crippen LogP contribution in [0.15, 0.2) is 48.6 Å². The number of rotatable bonds is 7. The molecule has 12 nitrogen and oxygen atoms in total. The number of hydrogen-bond acceptors (Lipinski definition) is 9. The van der Waals surface area contributed by atoms with Gasteiger partial charge in [0.2, 0.25) is 27.7 Å². The van der Waals surface area contributed by atoms with E-state index in [4.69, 9.17) is 19.4 Å². The van der Waals surface area contributed by atoms with Gasteiger partial charge in [0.15, 0.2) is 5.82 Å². The summed E-state index contributed by atoms with van der Waals surface area (Å²) in [5, 5.41) is 2.62. The Kier molecular flexibility index (Phi) is 10.1. The van der Waals surface area contributed by atoms with Crippen LogP contribution in [0.2, 0.25) is 0 Å². The minimum atomic E-state index is -3.96. The van der Waals surface area contributed by atoms with Gasteiger partial charge in [0.25, 0.3) is 5.91 Å². The molecule has 0 spiro atoms. The van der Waals surface area contributed by atoms with E-state index >= 15 is 0 Å². The molecule has 14 heteroatoms. The van der Waals surface area contributed by atoms with Gasteiger partial charge in [-0.2, -0.15) is 4.98 Å². The van der Waals surface area contributed by atoms with Crippen LogP contribution in [0.5, 0.6) is 11.6 Å². The number of nitrogens with one attached hydrogen (secondary N) is 2. The SMILES string of the molecule is COc1ccc2c(O[C@@H]3C[C@H]4C(=O)N[C@]5(C(=O)NS(=O)(=O)C(C)C)C[C@@H]5/C=C\CCCCN(C)C(=O)[C@@H]4C3)nc(-c3cccc(F)c3)nc2c1C. The van der Waals surface area contributed by atoms with Gasteiger partial charge in [-0.05, 0) is 83.6 Å². The Bertz CT molecular complexity index is 2000. The fourth-order valence-electron chi connectivity index (χ4n) is 7.06. The fraction of sp³-hybridized carbons (Fsp3) is 0.486. The first-order valence-electron chi connectivity index (χ1n) is 17.3. The molecule has 0 saturated heterocycles. The van der Waals surface area contributed by atoms with Crippen molar-refractivity contribution in [2.75, 3.05) is 20.7 Å². The lowest BCUT2D eigenvalue weighted by Gasteiger charge is -2.27. The van der Waals surface area contributed by atoms with E-state index in [1.807, 2.05) is 19.1 Å². The number of nitrogens with zero attached hydrogens (tertiary/aromatic N) is 3. The van der Waals surface area contributed by atoms with E-state index in [0.717, 1.165) is 18.4 Å². The van der Waals surface area contributed by atoms with Crippen molar-refractivity contribution in [3.05, 3.63) is 59.9 Å². The number of hydrogen-bond donors (Lipinski definition) is 2. The average molecular weight is 722 g/mol. The molecule has 2 heterocycles. The van der Waals surface area contributed by atoms with E-state index in [2.05, 4.69) is 10.0 Å². The van der Waals surface area contributed by atoms with Crippen molar-refractivity contribution in [3.8, 4) is 23.0 Å². The van der Waals surface area contributed by atoms with Crippen LogP contribution >= 0.6 is 0 Å². The van der Waals surface area contributed by atoms with Gasteiger partial charge in [0, 0.05) is 30.6 Å². The number of amides is 3. The van der Waals surface area contributed by atoms with Gasteiger partial charge in [-0.15, -0.1) is 0 Å². The molecule has 2 aromatic carbocycles. The molecule has 1 aliphatic heterocycles. The van der Waals surface area contributed by atoms with Gasteiger partial charge in [0.1, 0.15) is 23.2 Å². The summed E-state index contributed by atoms with van der Waals surface area (Å²) in [5.41, 5.74) is 0.251. The third-order valence-electron chi connectivity index (χ3n) is 10.3. The van der Waals surface area contributed by atoms with Crippen LogP contribution in [0.25, 0.3) is 22.3 Å². The van der Waals surface area contributed by atoms with E-state index in [1.165, 1.54) is 26.0 Å². The molecular formula is C37H44FN5O7S. The summed E-state index contributed by atoms with van der Waals surface area (Å²) in [6.45, 7) is 5.30. The molecule has 0 unspecified atom stereocenters. The predicted molar refractivity (Wildman–Crippen MR) is 189 cm³/mol. The molecule has 1 aromatic heterocycles. The van der Waals surface area contributed by atoms with Crippen LogP contribution in [0.3, 0.4) is 0 Å². The third-order valence-corrected chi connectivity index (χ3v) is 12.0. The third kappa shape index (κ3) is 7.28.